The van der Waals surface area contributed by atoms with Crippen molar-refractivity contribution in [3.63, 3.8) is 0 Å². The Morgan fingerprint density at radius 1 is 1.44 bits per heavy atom. The topological polar surface area (TPSA) is 21.3 Å². The molecule has 0 aromatic heterocycles. The van der Waals surface area contributed by atoms with Crippen LogP contribution in [0.2, 0.25) is 0 Å². The van der Waals surface area contributed by atoms with E-state index in [1.807, 2.05) is 13.8 Å². The Balaban J connectivity index is 2.49. The van der Waals surface area contributed by atoms with Crippen molar-refractivity contribution in [2.45, 2.75) is 26.0 Å². The van der Waals surface area contributed by atoms with Gasteiger partial charge < -0.3 is 10.1 Å². The summed E-state index contributed by atoms with van der Waals surface area (Å²) in [5.41, 5.74) is 0.847. The fourth-order valence-corrected chi connectivity index (χ4v) is 1.73. The lowest BCUT2D eigenvalue weighted by Gasteiger charge is -2.23. The van der Waals surface area contributed by atoms with Gasteiger partial charge in [0, 0.05) is 24.7 Å². The first kappa shape index (κ1) is 13.6. The van der Waals surface area contributed by atoms with Crippen LogP contribution in [0.25, 0.3) is 0 Å². The molecule has 1 aromatic carbocycles. The van der Waals surface area contributed by atoms with Gasteiger partial charge in [-0.3, -0.25) is 0 Å². The van der Waals surface area contributed by atoms with E-state index in [9.17, 15) is 4.39 Å². The zero-order valence-corrected chi connectivity index (χ0v) is 11.4. The quantitative estimate of drug-likeness (QED) is 0.899. The van der Waals surface area contributed by atoms with Gasteiger partial charge in [-0.1, -0.05) is 22.0 Å². The lowest BCUT2D eigenvalue weighted by Crippen LogP contribution is -2.36. The highest BCUT2D eigenvalue weighted by Crippen LogP contribution is 2.18. The molecule has 0 radical (unpaired) electrons. The van der Waals surface area contributed by atoms with Gasteiger partial charge in [0.25, 0.3) is 0 Å². The van der Waals surface area contributed by atoms with Crippen LogP contribution in [0.15, 0.2) is 22.7 Å². The zero-order valence-electron chi connectivity index (χ0n) is 9.81. The van der Waals surface area contributed by atoms with Gasteiger partial charge in [-0.05, 0) is 31.5 Å². The van der Waals surface area contributed by atoms with E-state index in [1.165, 1.54) is 12.1 Å². The predicted molar refractivity (Wildman–Crippen MR) is 66.9 cm³/mol. The highest BCUT2D eigenvalue weighted by molar-refractivity contribution is 9.10. The zero-order chi connectivity index (χ0) is 12.2. The Morgan fingerprint density at radius 3 is 2.69 bits per heavy atom. The van der Waals surface area contributed by atoms with Crippen molar-refractivity contribution >= 4 is 15.9 Å². The Hall–Kier alpha value is -0.450. The van der Waals surface area contributed by atoms with E-state index in [0.29, 0.717) is 6.54 Å². The van der Waals surface area contributed by atoms with E-state index in [4.69, 9.17) is 4.74 Å². The van der Waals surface area contributed by atoms with Crippen molar-refractivity contribution in [3.05, 3.63) is 34.1 Å². The monoisotopic (exact) mass is 289 g/mol. The van der Waals surface area contributed by atoms with Crippen LogP contribution in [0.1, 0.15) is 19.4 Å². The molecule has 0 spiro atoms. The summed E-state index contributed by atoms with van der Waals surface area (Å²) < 4.78 is 18.9. The highest BCUT2D eigenvalue weighted by Gasteiger charge is 2.15. The van der Waals surface area contributed by atoms with Crippen LogP contribution in [0, 0.1) is 5.82 Å². The third-order valence-corrected chi connectivity index (χ3v) is 3.17. The molecule has 2 nitrogen and oxygen atoms in total. The van der Waals surface area contributed by atoms with E-state index >= 15 is 0 Å². The molecule has 0 aliphatic rings. The summed E-state index contributed by atoms with van der Waals surface area (Å²) in [6.07, 6.45) is 0. The number of halogens is 2. The summed E-state index contributed by atoms with van der Waals surface area (Å²) in [5, 5.41) is 3.28. The van der Waals surface area contributed by atoms with Crippen LogP contribution >= 0.6 is 15.9 Å². The number of hydrogen-bond acceptors (Lipinski definition) is 2. The van der Waals surface area contributed by atoms with Crippen LogP contribution in [0.4, 0.5) is 4.39 Å². The molecule has 0 fully saturated rings. The molecule has 0 unspecified atom stereocenters. The maximum Gasteiger partial charge on any atom is 0.124 e. The first-order chi connectivity index (χ1) is 7.44. The Kier molecular flexibility index (Phi) is 4.89. The van der Waals surface area contributed by atoms with Crippen LogP contribution < -0.4 is 5.32 Å². The lowest BCUT2D eigenvalue weighted by atomic mass is 10.1. The second kappa shape index (κ2) is 5.75. The molecule has 0 heterocycles. The fourth-order valence-electron chi connectivity index (χ4n) is 1.24. The van der Waals surface area contributed by atoms with Crippen molar-refractivity contribution < 1.29 is 9.13 Å². The summed E-state index contributed by atoms with van der Waals surface area (Å²) in [7, 11) is 1.69. The van der Waals surface area contributed by atoms with Crippen LogP contribution in [-0.2, 0) is 11.3 Å². The van der Waals surface area contributed by atoms with Crippen LogP contribution in [-0.4, -0.2) is 19.3 Å². The van der Waals surface area contributed by atoms with Crippen molar-refractivity contribution in [2.75, 3.05) is 13.7 Å². The first-order valence-electron chi connectivity index (χ1n) is 5.14. The average Bonchev–Trinajstić information content (AvgIpc) is 2.21. The largest absolute Gasteiger partial charge is 0.377 e. The maximum absolute atomic E-state index is 12.8. The summed E-state index contributed by atoms with van der Waals surface area (Å²) in [5.74, 6) is -0.229. The molecule has 90 valence electrons. The molecule has 16 heavy (non-hydrogen) atoms. The molecule has 1 aromatic rings. The number of nitrogens with one attached hydrogen (secondary N) is 1. The summed E-state index contributed by atoms with van der Waals surface area (Å²) >= 11 is 3.33. The molecular weight excluding hydrogens is 273 g/mol. The molecule has 0 atom stereocenters. The van der Waals surface area contributed by atoms with Gasteiger partial charge in [-0.2, -0.15) is 0 Å². The van der Waals surface area contributed by atoms with Crippen LogP contribution in [0.5, 0.6) is 0 Å². The number of methoxy groups -OCH3 is 1. The number of ether oxygens (including phenoxy) is 1. The van der Waals surface area contributed by atoms with E-state index in [-0.39, 0.29) is 11.4 Å². The lowest BCUT2D eigenvalue weighted by molar-refractivity contribution is 0.0230. The fraction of sp³-hybridized carbons (Fsp3) is 0.500. The van der Waals surface area contributed by atoms with Gasteiger partial charge >= 0.3 is 0 Å². The molecule has 0 amide bonds. The SMILES string of the molecule is COC(C)(C)CNCc1ccc(F)cc1Br. The number of hydrogen-bond donors (Lipinski definition) is 1. The third-order valence-electron chi connectivity index (χ3n) is 2.43. The molecular formula is C12H17BrFNO. The molecule has 0 saturated heterocycles. The van der Waals surface area contributed by atoms with E-state index in [1.54, 1.807) is 13.2 Å². The van der Waals surface area contributed by atoms with Gasteiger partial charge in [-0.15, -0.1) is 0 Å². The standard InChI is InChI=1S/C12H17BrFNO/c1-12(2,16-3)8-15-7-9-4-5-10(14)6-11(9)13/h4-6,15H,7-8H2,1-3H3. The highest BCUT2D eigenvalue weighted by atomic mass is 79.9. The van der Waals surface area contributed by atoms with Gasteiger partial charge in [0.2, 0.25) is 0 Å². The second-order valence-electron chi connectivity index (χ2n) is 4.30. The Bertz CT molecular complexity index is 355. The van der Waals surface area contributed by atoms with Gasteiger partial charge in [0.1, 0.15) is 5.82 Å². The van der Waals surface area contributed by atoms with Crippen molar-refractivity contribution in [1.29, 1.82) is 0 Å². The Labute approximate surface area is 104 Å². The predicted octanol–water partition coefficient (Wildman–Crippen LogP) is 3.10. The second-order valence-corrected chi connectivity index (χ2v) is 5.16. The normalized spacial score (nSPS) is 11.8. The van der Waals surface area contributed by atoms with E-state index in [0.717, 1.165) is 16.6 Å². The van der Waals surface area contributed by atoms with Crippen molar-refractivity contribution in [2.24, 2.45) is 0 Å². The average molecular weight is 290 g/mol. The first-order valence-corrected chi connectivity index (χ1v) is 5.94. The number of benzene rings is 1. The van der Waals surface area contributed by atoms with Crippen molar-refractivity contribution in [1.82, 2.24) is 5.32 Å². The molecule has 0 saturated carbocycles. The number of rotatable bonds is 5. The Morgan fingerprint density at radius 2 is 2.12 bits per heavy atom. The molecule has 0 bridgehead atoms. The maximum atomic E-state index is 12.8. The van der Waals surface area contributed by atoms with E-state index < -0.39 is 0 Å². The summed E-state index contributed by atoms with van der Waals surface area (Å²) in [6.45, 7) is 5.46. The van der Waals surface area contributed by atoms with Gasteiger partial charge in [0.15, 0.2) is 0 Å². The smallest absolute Gasteiger partial charge is 0.124 e. The molecule has 1 rings (SSSR count). The molecule has 1 N–H and O–H groups in total. The van der Waals surface area contributed by atoms with Crippen LogP contribution in [0.3, 0.4) is 0 Å². The van der Waals surface area contributed by atoms with Gasteiger partial charge in [0.05, 0.1) is 5.60 Å². The third kappa shape index (κ3) is 4.20. The van der Waals surface area contributed by atoms with E-state index in [2.05, 4.69) is 21.2 Å². The minimum absolute atomic E-state index is 0.188. The summed E-state index contributed by atoms with van der Waals surface area (Å²) in [4.78, 5) is 0. The minimum atomic E-state index is -0.229. The molecule has 4 heteroatoms. The molecule has 0 aliphatic heterocycles. The van der Waals surface area contributed by atoms with Crippen molar-refractivity contribution in [3.8, 4) is 0 Å². The minimum Gasteiger partial charge on any atom is -0.377 e. The summed E-state index contributed by atoms with van der Waals surface area (Å²) in [6, 6.07) is 4.70. The van der Waals surface area contributed by atoms with Gasteiger partial charge in [-0.25, -0.2) is 4.39 Å². The molecule has 0 aliphatic carbocycles.